The Bertz CT molecular complexity index is 962. The van der Waals surface area contributed by atoms with Crippen molar-refractivity contribution in [3.63, 3.8) is 0 Å². The molecule has 2 aromatic rings. The topological polar surface area (TPSA) is 41.1 Å². The van der Waals surface area contributed by atoms with E-state index in [2.05, 4.69) is 22.8 Å². The van der Waals surface area contributed by atoms with Crippen LogP contribution in [0.1, 0.15) is 39.2 Å². The van der Waals surface area contributed by atoms with Gasteiger partial charge in [-0.3, -0.25) is 4.79 Å². The fourth-order valence-corrected chi connectivity index (χ4v) is 6.36. The predicted molar refractivity (Wildman–Crippen MR) is 121 cm³/mol. The normalized spacial score (nSPS) is 15.6. The van der Waals surface area contributed by atoms with Gasteiger partial charge in [-0.2, -0.15) is 0 Å². The van der Waals surface area contributed by atoms with Gasteiger partial charge in [-0.05, 0) is 79.8 Å². The van der Waals surface area contributed by atoms with Gasteiger partial charge >= 0.3 is 0 Å². The minimum atomic E-state index is -0.00143. The summed E-state index contributed by atoms with van der Waals surface area (Å²) < 4.78 is 1.14. The van der Waals surface area contributed by atoms with Crippen LogP contribution >= 0.6 is 34.7 Å². The molecule has 1 aliphatic carbocycles. The molecule has 1 aromatic heterocycles. The molecule has 0 fully saturated rings. The highest BCUT2D eigenvalue weighted by atomic mass is 35.5. The molecule has 2 heterocycles. The number of anilines is 1. The maximum atomic E-state index is 13.2. The van der Waals surface area contributed by atoms with Crippen LogP contribution in [-0.2, 0) is 12.8 Å². The van der Waals surface area contributed by atoms with Gasteiger partial charge in [0.15, 0.2) is 0 Å². The summed E-state index contributed by atoms with van der Waals surface area (Å²) in [6, 6.07) is 5.63. The number of fused-ring (bicyclic) bond motifs is 1. The van der Waals surface area contributed by atoms with Crippen molar-refractivity contribution in [3.8, 4) is 0 Å². The van der Waals surface area contributed by atoms with E-state index in [4.69, 9.17) is 11.6 Å². The summed E-state index contributed by atoms with van der Waals surface area (Å²) in [4.78, 5) is 14.6. The molecule has 2 aliphatic rings. The van der Waals surface area contributed by atoms with Crippen molar-refractivity contribution in [1.29, 1.82) is 0 Å². The maximum absolute atomic E-state index is 13.2. The van der Waals surface area contributed by atoms with Gasteiger partial charge in [-0.1, -0.05) is 17.7 Å². The van der Waals surface area contributed by atoms with Crippen molar-refractivity contribution in [2.45, 2.75) is 36.8 Å². The molecule has 0 radical (unpaired) electrons. The van der Waals surface area contributed by atoms with E-state index in [0.717, 1.165) is 52.6 Å². The van der Waals surface area contributed by atoms with Crippen molar-refractivity contribution in [2.75, 3.05) is 17.6 Å². The Kier molecular flexibility index (Phi) is 6.14. The number of aryl methyl sites for hydroxylation is 2. The molecule has 1 aromatic carbocycles. The molecule has 146 valence electrons. The number of amides is 1. The highest BCUT2D eigenvalue weighted by molar-refractivity contribution is 8.01. The third-order valence-corrected chi connectivity index (χ3v) is 8.11. The second-order valence-corrected chi connectivity index (χ2v) is 9.86. The van der Waals surface area contributed by atoms with Crippen LogP contribution in [0.2, 0.25) is 5.02 Å². The lowest BCUT2D eigenvalue weighted by Gasteiger charge is -2.14. The number of dihydropyridines is 1. The van der Waals surface area contributed by atoms with Crippen LogP contribution in [0, 0.1) is 6.92 Å². The van der Waals surface area contributed by atoms with E-state index in [-0.39, 0.29) is 5.91 Å². The Morgan fingerprint density at radius 2 is 2.18 bits per heavy atom. The van der Waals surface area contributed by atoms with E-state index < -0.39 is 0 Å². The van der Waals surface area contributed by atoms with Crippen molar-refractivity contribution in [3.05, 3.63) is 68.7 Å². The van der Waals surface area contributed by atoms with Gasteiger partial charge in [0.1, 0.15) is 0 Å². The summed E-state index contributed by atoms with van der Waals surface area (Å²) in [5.41, 5.74) is 5.20. The quantitative estimate of drug-likeness (QED) is 0.573. The first-order chi connectivity index (χ1) is 13.6. The minimum Gasteiger partial charge on any atom is -0.387 e. The Hall–Kier alpha value is -1.69. The minimum absolute atomic E-state index is 0.00143. The number of rotatable bonds is 5. The van der Waals surface area contributed by atoms with Gasteiger partial charge in [-0.25, -0.2) is 0 Å². The largest absolute Gasteiger partial charge is 0.387 e. The van der Waals surface area contributed by atoms with Crippen LogP contribution in [0.15, 0.2) is 46.3 Å². The molecule has 4 rings (SSSR count). The summed E-state index contributed by atoms with van der Waals surface area (Å²) in [7, 11) is 0. The Balaban J connectivity index is 1.59. The fraction of sp³-hybridized carbons (Fsp3) is 0.318. The summed E-state index contributed by atoms with van der Waals surface area (Å²) in [6.07, 6.45) is 10.8. The van der Waals surface area contributed by atoms with Gasteiger partial charge < -0.3 is 10.6 Å². The first kappa shape index (κ1) is 19.6. The third kappa shape index (κ3) is 4.32. The molecular weight excluding hydrogens is 408 g/mol. The summed E-state index contributed by atoms with van der Waals surface area (Å²) in [6.45, 7) is 2.82. The molecule has 0 atom stereocenters. The number of hydrogen-bond donors (Lipinski definition) is 2. The van der Waals surface area contributed by atoms with Gasteiger partial charge in [0.2, 0.25) is 0 Å². The third-order valence-electron chi connectivity index (χ3n) is 5.05. The van der Waals surface area contributed by atoms with Gasteiger partial charge in [0, 0.05) is 27.9 Å². The number of carbonyl (C=O) groups excluding carboxylic acids is 1. The number of halogens is 1. The van der Waals surface area contributed by atoms with E-state index in [9.17, 15) is 4.79 Å². The van der Waals surface area contributed by atoms with Crippen molar-refractivity contribution < 1.29 is 4.79 Å². The second kappa shape index (κ2) is 8.76. The van der Waals surface area contributed by atoms with Crippen LogP contribution in [-0.4, -0.2) is 18.2 Å². The molecule has 0 spiro atoms. The van der Waals surface area contributed by atoms with Gasteiger partial charge in [0.05, 0.1) is 9.77 Å². The molecule has 6 heteroatoms. The van der Waals surface area contributed by atoms with Gasteiger partial charge in [0.25, 0.3) is 5.91 Å². The lowest BCUT2D eigenvalue weighted by molar-refractivity contribution is 0.102. The highest BCUT2D eigenvalue weighted by Crippen LogP contribution is 2.41. The molecule has 3 nitrogen and oxygen atoms in total. The van der Waals surface area contributed by atoms with Crippen LogP contribution in [0.25, 0.3) is 0 Å². The first-order valence-corrected chi connectivity index (χ1v) is 11.7. The lowest BCUT2D eigenvalue weighted by atomic mass is 9.95. The van der Waals surface area contributed by atoms with E-state index in [1.54, 1.807) is 11.8 Å². The van der Waals surface area contributed by atoms with Crippen LogP contribution in [0.4, 0.5) is 5.69 Å². The van der Waals surface area contributed by atoms with E-state index in [1.165, 1.54) is 22.4 Å². The predicted octanol–water partition coefficient (Wildman–Crippen LogP) is 5.98. The molecule has 0 bridgehead atoms. The zero-order chi connectivity index (χ0) is 19.5. The number of benzene rings is 1. The molecule has 0 saturated heterocycles. The van der Waals surface area contributed by atoms with Crippen LogP contribution in [0.5, 0.6) is 0 Å². The fourth-order valence-electron chi connectivity index (χ4n) is 3.54. The lowest BCUT2D eigenvalue weighted by Crippen LogP contribution is -2.15. The molecule has 2 N–H and O–H groups in total. The average molecular weight is 431 g/mol. The first-order valence-electron chi connectivity index (χ1n) is 9.55. The average Bonchev–Trinajstić information content (AvgIpc) is 3.08. The molecular formula is C22H23ClN2OS2. The zero-order valence-corrected chi connectivity index (χ0v) is 18.2. The molecule has 1 amide bonds. The number of allylic oxidation sites excluding steroid dienone is 1. The number of thioether (sulfide) groups is 1. The Morgan fingerprint density at radius 3 is 2.96 bits per heavy atom. The summed E-state index contributed by atoms with van der Waals surface area (Å²) >= 11 is 9.71. The SMILES string of the molecule is Cc1cc(NC(=O)c2c(SCC3=CCNC=C3)sc3c2CCCC3)ccc1Cl. The van der Waals surface area contributed by atoms with Crippen molar-refractivity contribution in [1.82, 2.24) is 5.32 Å². The number of thiophene rings is 1. The standard InChI is InChI=1S/C22H23ClN2OS2/c1-14-12-16(6-7-18(14)23)25-21(26)20-17-4-2-3-5-19(17)28-22(20)27-13-15-8-10-24-11-9-15/h6-10,12,24H,2-5,11,13H2,1H3,(H,25,26). The van der Waals surface area contributed by atoms with E-state index in [1.807, 2.05) is 42.7 Å². The summed E-state index contributed by atoms with van der Waals surface area (Å²) in [5, 5.41) is 6.99. The van der Waals surface area contributed by atoms with Gasteiger partial charge in [-0.15, -0.1) is 23.1 Å². The maximum Gasteiger partial charge on any atom is 0.257 e. The van der Waals surface area contributed by atoms with E-state index >= 15 is 0 Å². The Morgan fingerprint density at radius 1 is 1.32 bits per heavy atom. The van der Waals surface area contributed by atoms with E-state index in [0.29, 0.717) is 5.02 Å². The number of carbonyl (C=O) groups is 1. The molecule has 1 aliphatic heterocycles. The van der Waals surface area contributed by atoms with Crippen molar-refractivity contribution in [2.24, 2.45) is 0 Å². The Labute approximate surface area is 179 Å². The van der Waals surface area contributed by atoms with Crippen molar-refractivity contribution >= 4 is 46.3 Å². The summed E-state index contributed by atoms with van der Waals surface area (Å²) in [5.74, 6) is 0.885. The molecule has 28 heavy (non-hydrogen) atoms. The molecule has 0 saturated carbocycles. The number of hydrogen-bond acceptors (Lipinski definition) is 4. The smallest absolute Gasteiger partial charge is 0.257 e. The zero-order valence-electron chi connectivity index (χ0n) is 15.8. The molecule has 0 unspecified atom stereocenters. The van der Waals surface area contributed by atoms with Crippen LogP contribution < -0.4 is 10.6 Å². The monoisotopic (exact) mass is 430 g/mol. The highest BCUT2D eigenvalue weighted by Gasteiger charge is 2.26. The second-order valence-electron chi connectivity index (χ2n) is 7.10. The number of nitrogens with one attached hydrogen (secondary N) is 2. The van der Waals surface area contributed by atoms with Crippen LogP contribution in [0.3, 0.4) is 0 Å².